The Hall–Kier alpha value is -0.125. The molecule has 1 aliphatic rings. The second-order valence-corrected chi connectivity index (χ2v) is 2.87. The molecule has 0 radical (unpaired) electrons. The average Bonchev–Trinajstić information content (AvgIpc) is 2.64. The zero-order valence-corrected chi connectivity index (χ0v) is 9.75. The standard InChI is InChI=1S/C9H14O4.2Li/c1-12-8(10)6-3-4-7(5-6)9(11)13-2;;/h10-11H,3-5H2,1-2H3;;/q;2*+1/p-2/b8-6-,9-7-;;. The molecule has 15 heavy (non-hydrogen) atoms. The van der Waals surface area contributed by atoms with Crippen molar-refractivity contribution in [2.24, 2.45) is 0 Å². The fourth-order valence-corrected chi connectivity index (χ4v) is 1.37. The van der Waals surface area contributed by atoms with E-state index >= 15 is 0 Å². The molecular formula is C9H12Li2O4. The number of ether oxygens (including phenoxy) is 2. The first kappa shape index (κ1) is 17.3. The van der Waals surface area contributed by atoms with Gasteiger partial charge in [-0.1, -0.05) is 0 Å². The fraction of sp³-hybridized carbons (Fsp3) is 0.556. The van der Waals surface area contributed by atoms with E-state index < -0.39 is 0 Å². The molecule has 74 valence electrons. The number of allylic oxidation sites excluding steroid dienone is 2. The minimum Gasteiger partial charge on any atom is -0.617 e. The number of hydrogen-bond acceptors (Lipinski definition) is 4. The molecule has 0 aromatic heterocycles. The van der Waals surface area contributed by atoms with E-state index in [9.17, 15) is 10.2 Å². The summed E-state index contributed by atoms with van der Waals surface area (Å²) in [6.45, 7) is 0. The molecule has 0 atom stereocenters. The fourth-order valence-electron chi connectivity index (χ4n) is 1.37. The van der Waals surface area contributed by atoms with Crippen LogP contribution in [0.4, 0.5) is 0 Å². The van der Waals surface area contributed by atoms with E-state index in [1.165, 1.54) is 14.2 Å². The Morgan fingerprint density at radius 2 is 1.27 bits per heavy atom. The summed E-state index contributed by atoms with van der Waals surface area (Å²) < 4.78 is 9.11. The van der Waals surface area contributed by atoms with Crippen LogP contribution < -0.4 is 47.9 Å². The molecule has 0 saturated heterocycles. The molecule has 1 aliphatic carbocycles. The van der Waals surface area contributed by atoms with Gasteiger partial charge in [0.05, 0.1) is 11.9 Å². The number of methoxy groups -OCH3 is 2. The summed E-state index contributed by atoms with van der Waals surface area (Å²) >= 11 is 0. The molecule has 6 heteroatoms. The van der Waals surface area contributed by atoms with E-state index in [1.54, 1.807) is 0 Å². The molecule has 0 bridgehead atoms. The van der Waals surface area contributed by atoms with Crippen molar-refractivity contribution in [3.8, 4) is 0 Å². The van der Waals surface area contributed by atoms with Gasteiger partial charge in [0.1, 0.15) is 0 Å². The predicted molar refractivity (Wildman–Crippen MR) is 41.9 cm³/mol. The first-order chi connectivity index (χ1) is 6.19. The van der Waals surface area contributed by atoms with Crippen LogP contribution in [0, 0.1) is 0 Å². The zero-order chi connectivity index (χ0) is 9.84. The van der Waals surface area contributed by atoms with Crippen LogP contribution >= 0.6 is 0 Å². The topological polar surface area (TPSA) is 64.6 Å². The Labute approximate surface area is 114 Å². The van der Waals surface area contributed by atoms with E-state index in [0.29, 0.717) is 30.4 Å². The van der Waals surface area contributed by atoms with E-state index in [4.69, 9.17) is 0 Å². The molecule has 0 aromatic carbocycles. The molecule has 0 unspecified atom stereocenters. The smallest absolute Gasteiger partial charge is 0.617 e. The molecule has 1 rings (SSSR count). The summed E-state index contributed by atoms with van der Waals surface area (Å²) in [4.78, 5) is 0. The second-order valence-electron chi connectivity index (χ2n) is 2.87. The largest absolute Gasteiger partial charge is 1.00 e. The van der Waals surface area contributed by atoms with Crippen LogP contribution in [0.25, 0.3) is 0 Å². The van der Waals surface area contributed by atoms with Gasteiger partial charge in [0, 0.05) is 0 Å². The molecule has 0 aliphatic heterocycles. The van der Waals surface area contributed by atoms with Crippen molar-refractivity contribution in [2.75, 3.05) is 14.2 Å². The SMILES string of the molecule is CO/C([O-])=C1/CC/C(=C(\[O-])OC)C1.[Li+].[Li+]. The molecule has 1 saturated carbocycles. The van der Waals surface area contributed by atoms with Gasteiger partial charge in [0.25, 0.3) is 0 Å². The minimum atomic E-state index is -0.320. The Balaban J connectivity index is 0. The average molecular weight is 198 g/mol. The summed E-state index contributed by atoms with van der Waals surface area (Å²) in [6, 6.07) is 0. The van der Waals surface area contributed by atoms with Crippen LogP contribution in [-0.4, -0.2) is 14.2 Å². The maximum Gasteiger partial charge on any atom is 1.00 e. The van der Waals surface area contributed by atoms with Crippen molar-refractivity contribution in [1.29, 1.82) is 0 Å². The molecule has 0 heterocycles. The molecule has 4 nitrogen and oxygen atoms in total. The quantitative estimate of drug-likeness (QED) is 0.327. The number of rotatable bonds is 2. The van der Waals surface area contributed by atoms with Gasteiger partial charge in [-0.2, -0.15) is 0 Å². The zero-order valence-electron chi connectivity index (χ0n) is 9.75. The summed E-state index contributed by atoms with van der Waals surface area (Å²) in [6.07, 6.45) is 1.62. The Kier molecular flexibility index (Phi) is 9.30. The van der Waals surface area contributed by atoms with Crippen LogP contribution in [0.15, 0.2) is 23.0 Å². The van der Waals surface area contributed by atoms with E-state index in [1.807, 2.05) is 0 Å². The molecular weight excluding hydrogens is 186 g/mol. The summed E-state index contributed by atoms with van der Waals surface area (Å²) in [7, 11) is 2.68. The van der Waals surface area contributed by atoms with Crippen molar-refractivity contribution in [1.82, 2.24) is 0 Å². The third-order valence-electron chi connectivity index (χ3n) is 2.10. The van der Waals surface area contributed by atoms with E-state index in [-0.39, 0.29) is 49.6 Å². The van der Waals surface area contributed by atoms with Crippen molar-refractivity contribution in [2.45, 2.75) is 19.3 Å². The van der Waals surface area contributed by atoms with Crippen LogP contribution in [0.1, 0.15) is 19.3 Å². The predicted octanol–water partition coefficient (Wildman–Crippen LogP) is -6.39. The van der Waals surface area contributed by atoms with Crippen molar-refractivity contribution < 1.29 is 57.4 Å². The Bertz CT molecular complexity index is 235. The van der Waals surface area contributed by atoms with Gasteiger partial charge in [0.15, 0.2) is 0 Å². The van der Waals surface area contributed by atoms with E-state index in [2.05, 4.69) is 9.47 Å². The van der Waals surface area contributed by atoms with Gasteiger partial charge in [-0.15, -0.1) is 0 Å². The maximum atomic E-state index is 11.0. The van der Waals surface area contributed by atoms with Crippen molar-refractivity contribution in [3.05, 3.63) is 23.0 Å². The number of hydrogen-bond donors (Lipinski definition) is 0. The Morgan fingerprint density at radius 3 is 1.53 bits per heavy atom. The van der Waals surface area contributed by atoms with Gasteiger partial charge in [-0.25, -0.2) is 0 Å². The van der Waals surface area contributed by atoms with Gasteiger partial charge < -0.3 is 19.7 Å². The molecule has 1 fully saturated rings. The van der Waals surface area contributed by atoms with Crippen LogP contribution in [-0.2, 0) is 9.47 Å². The van der Waals surface area contributed by atoms with Crippen LogP contribution in [0.3, 0.4) is 0 Å². The maximum absolute atomic E-state index is 11.0. The summed E-state index contributed by atoms with van der Waals surface area (Å²) in [5, 5.41) is 22.1. The Morgan fingerprint density at radius 1 is 0.933 bits per heavy atom. The minimum absolute atomic E-state index is 0. The van der Waals surface area contributed by atoms with Crippen LogP contribution in [0.5, 0.6) is 0 Å². The second kappa shape index (κ2) is 8.08. The normalized spacial score (nSPS) is 20.9. The van der Waals surface area contributed by atoms with E-state index in [0.717, 1.165) is 0 Å². The van der Waals surface area contributed by atoms with Gasteiger partial charge in [-0.3, -0.25) is 0 Å². The molecule has 0 spiro atoms. The monoisotopic (exact) mass is 198 g/mol. The first-order valence-corrected chi connectivity index (χ1v) is 4.05. The van der Waals surface area contributed by atoms with Crippen LogP contribution in [0.2, 0.25) is 0 Å². The van der Waals surface area contributed by atoms with Crippen molar-refractivity contribution in [3.63, 3.8) is 0 Å². The first-order valence-electron chi connectivity index (χ1n) is 4.05. The summed E-state index contributed by atoms with van der Waals surface area (Å²) in [5.74, 6) is -0.641. The van der Waals surface area contributed by atoms with Gasteiger partial charge in [0.2, 0.25) is 0 Å². The van der Waals surface area contributed by atoms with Crippen molar-refractivity contribution >= 4 is 0 Å². The molecule has 0 aromatic rings. The third-order valence-corrected chi connectivity index (χ3v) is 2.10. The van der Waals surface area contributed by atoms with Gasteiger partial charge in [-0.05, 0) is 44.6 Å². The summed E-state index contributed by atoms with van der Waals surface area (Å²) in [5.41, 5.74) is 1.31. The molecule has 0 N–H and O–H groups in total. The molecule has 0 amide bonds. The van der Waals surface area contributed by atoms with Gasteiger partial charge >= 0.3 is 37.7 Å². The third kappa shape index (κ3) is 4.49.